The van der Waals surface area contributed by atoms with Gasteiger partial charge in [-0.15, -0.1) is 0 Å². The number of methoxy groups -OCH3 is 2. The fourth-order valence-electron chi connectivity index (χ4n) is 3.89. The molecule has 0 saturated carbocycles. The fraction of sp³-hybridized carbons (Fsp3) is 0.348. The van der Waals surface area contributed by atoms with Crippen molar-refractivity contribution in [3.63, 3.8) is 0 Å². The van der Waals surface area contributed by atoms with Crippen molar-refractivity contribution in [2.24, 2.45) is 0 Å². The van der Waals surface area contributed by atoms with Crippen molar-refractivity contribution in [3.05, 3.63) is 54.4 Å². The molecule has 1 aliphatic rings. The maximum Gasteiger partial charge on any atom is 0.326 e. The van der Waals surface area contributed by atoms with Crippen LogP contribution < -0.4 is 19.7 Å². The van der Waals surface area contributed by atoms with Crippen LogP contribution in [0.4, 0.5) is 10.6 Å². The van der Waals surface area contributed by atoms with Gasteiger partial charge >= 0.3 is 6.03 Å². The summed E-state index contributed by atoms with van der Waals surface area (Å²) in [6.45, 7) is 4.86. The van der Waals surface area contributed by atoms with Gasteiger partial charge in [-0.3, -0.25) is 4.90 Å². The van der Waals surface area contributed by atoms with Crippen molar-refractivity contribution in [1.29, 1.82) is 0 Å². The Bertz CT molecular complexity index is 1050. The van der Waals surface area contributed by atoms with Gasteiger partial charge in [-0.2, -0.15) is 0 Å². The molecule has 2 amide bonds. The molecule has 0 spiro atoms. The van der Waals surface area contributed by atoms with Crippen LogP contribution in [0.2, 0.25) is 0 Å². The van der Waals surface area contributed by atoms with E-state index in [9.17, 15) is 4.79 Å². The topological polar surface area (TPSA) is 79.8 Å². The Kier molecular flexibility index (Phi) is 6.18. The number of fused-ring (bicyclic) bond motifs is 1. The van der Waals surface area contributed by atoms with Gasteiger partial charge in [0.1, 0.15) is 12.1 Å². The van der Waals surface area contributed by atoms with Crippen LogP contribution in [0.5, 0.6) is 11.5 Å². The number of anilines is 1. The molecule has 2 heterocycles. The predicted molar refractivity (Wildman–Crippen MR) is 120 cm³/mol. The molecule has 1 aromatic heterocycles. The summed E-state index contributed by atoms with van der Waals surface area (Å²) in [6, 6.07) is 13.3. The molecule has 0 radical (unpaired) electrons. The van der Waals surface area contributed by atoms with Crippen LogP contribution in [0, 0.1) is 0 Å². The molecule has 1 atom stereocenters. The first kappa shape index (κ1) is 20.9. The van der Waals surface area contributed by atoms with E-state index >= 15 is 0 Å². The number of nitrogens with zero attached hydrogens (tertiary/aromatic N) is 4. The van der Waals surface area contributed by atoms with Crippen molar-refractivity contribution < 1.29 is 14.3 Å². The van der Waals surface area contributed by atoms with Gasteiger partial charge < -0.3 is 19.7 Å². The Morgan fingerprint density at radius 2 is 1.74 bits per heavy atom. The molecule has 8 nitrogen and oxygen atoms in total. The number of carbonyl (C=O) groups excluding carboxylic acids is 1. The smallest absolute Gasteiger partial charge is 0.326 e. The highest BCUT2D eigenvalue weighted by Crippen LogP contribution is 2.37. The van der Waals surface area contributed by atoms with E-state index in [4.69, 9.17) is 9.47 Å². The average Bonchev–Trinajstić information content (AvgIpc) is 2.84. The monoisotopic (exact) mass is 421 g/mol. The number of amides is 2. The highest BCUT2D eigenvalue weighted by molar-refractivity contribution is 6.01. The summed E-state index contributed by atoms with van der Waals surface area (Å²) in [5, 5.41) is 4.03. The molecule has 31 heavy (non-hydrogen) atoms. The molecule has 2 aromatic carbocycles. The van der Waals surface area contributed by atoms with Crippen molar-refractivity contribution in [3.8, 4) is 11.5 Å². The third-order valence-electron chi connectivity index (χ3n) is 5.61. The van der Waals surface area contributed by atoms with E-state index in [1.807, 2.05) is 48.2 Å². The van der Waals surface area contributed by atoms with Crippen LogP contribution in [0.1, 0.15) is 18.5 Å². The average molecular weight is 422 g/mol. The Morgan fingerprint density at radius 3 is 2.42 bits per heavy atom. The molecule has 1 fully saturated rings. The molecule has 1 aliphatic heterocycles. The molecule has 0 bridgehead atoms. The van der Waals surface area contributed by atoms with Crippen molar-refractivity contribution in [2.75, 3.05) is 45.3 Å². The maximum atomic E-state index is 13.7. The van der Waals surface area contributed by atoms with Crippen LogP contribution in [-0.4, -0.2) is 61.3 Å². The third-order valence-corrected chi connectivity index (χ3v) is 5.61. The second-order valence-corrected chi connectivity index (χ2v) is 7.40. The molecule has 4 rings (SSSR count). The van der Waals surface area contributed by atoms with Crippen LogP contribution in [0.15, 0.2) is 48.8 Å². The van der Waals surface area contributed by atoms with Crippen LogP contribution in [0.25, 0.3) is 10.9 Å². The van der Waals surface area contributed by atoms with Crippen molar-refractivity contribution in [2.45, 2.75) is 13.0 Å². The van der Waals surface area contributed by atoms with E-state index in [0.717, 1.165) is 24.0 Å². The minimum absolute atomic E-state index is 0.0763. The third kappa shape index (κ3) is 4.11. The lowest BCUT2D eigenvalue weighted by Crippen LogP contribution is -2.52. The summed E-state index contributed by atoms with van der Waals surface area (Å²) in [7, 11) is 3.17. The summed E-state index contributed by atoms with van der Waals surface area (Å²) in [5.74, 6) is 1.69. The highest BCUT2D eigenvalue weighted by Gasteiger charge is 2.31. The number of piperazine rings is 1. The molecule has 3 aromatic rings. The largest absolute Gasteiger partial charge is 0.493 e. The quantitative estimate of drug-likeness (QED) is 0.681. The van der Waals surface area contributed by atoms with Gasteiger partial charge in [0.05, 0.1) is 25.8 Å². The van der Waals surface area contributed by atoms with E-state index in [0.29, 0.717) is 35.9 Å². The van der Waals surface area contributed by atoms with Gasteiger partial charge in [-0.25, -0.2) is 14.8 Å². The summed E-state index contributed by atoms with van der Waals surface area (Å²) in [4.78, 5) is 26.3. The van der Waals surface area contributed by atoms with Crippen molar-refractivity contribution >= 4 is 22.8 Å². The standard InChI is InChI=1S/C23H27N5O3/c1-16(17-7-5-4-6-8-17)28(23(29)27-11-9-24-10-12-27)22-18-13-20(30-2)21(31-3)14-19(18)25-15-26-22/h4-8,13-16,24H,9-12H2,1-3H3. The number of urea groups is 1. The summed E-state index contributed by atoms with van der Waals surface area (Å²) < 4.78 is 10.9. The van der Waals surface area contributed by atoms with Gasteiger partial charge in [0.15, 0.2) is 11.5 Å². The molecule has 162 valence electrons. The van der Waals surface area contributed by atoms with Crippen LogP contribution in [-0.2, 0) is 0 Å². The van der Waals surface area contributed by atoms with Crippen molar-refractivity contribution in [1.82, 2.24) is 20.2 Å². The SMILES string of the molecule is COc1cc2ncnc(N(C(=O)N3CCNCC3)C(C)c3ccccc3)c2cc1OC. The second-order valence-electron chi connectivity index (χ2n) is 7.40. The molecule has 1 N–H and O–H groups in total. The number of nitrogens with one attached hydrogen (secondary N) is 1. The number of aromatic nitrogens is 2. The first-order valence-corrected chi connectivity index (χ1v) is 10.3. The van der Waals surface area contributed by atoms with Gasteiger partial charge in [-0.05, 0) is 18.6 Å². The lowest BCUT2D eigenvalue weighted by atomic mass is 10.1. The Hall–Kier alpha value is -3.39. The predicted octanol–water partition coefficient (Wildman–Crippen LogP) is 3.24. The van der Waals surface area contributed by atoms with Crippen LogP contribution in [0.3, 0.4) is 0 Å². The molecule has 8 heteroatoms. The number of ether oxygens (including phenoxy) is 2. The number of hydrogen-bond acceptors (Lipinski definition) is 6. The minimum Gasteiger partial charge on any atom is -0.493 e. The molecule has 1 unspecified atom stereocenters. The second kappa shape index (κ2) is 9.18. The Balaban J connectivity index is 1.86. The molecular formula is C23H27N5O3. The van der Waals surface area contributed by atoms with E-state index in [1.54, 1.807) is 25.2 Å². The maximum absolute atomic E-state index is 13.7. The summed E-state index contributed by atoms with van der Waals surface area (Å²) in [6.07, 6.45) is 1.49. The van der Waals surface area contributed by atoms with Gasteiger partial charge in [0.25, 0.3) is 0 Å². The zero-order chi connectivity index (χ0) is 21.8. The highest BCUT2D eigenvalue weighted by atomic mass is 16.5. The lowest BCUT2D eigenvalue weighted by molar-refractivity contribution is 0.194. The number of benzene rings is 2. The van der Waals surface area contributed by atoms with E-state index in [1.165, 1.54) is 6.33 Å². The van der Waals surface area contributed by atoms with E-state index in [-0.39, 0.29) is 12.1 Å². The molecule has 0 aliphatic carbocycles. The lowest BCUT2D eigenvalue weighted by Gasteiger charge is -2.36. The molecule has 1 saturated heterocycles. The van der Waals surface area contributed by atoms with E-state index < -0.39 is 0 Å². The number of carbonyl (C=O) groups is 1. The first-order valence-electron chi connectivity index (χ1n) is 10.3. The number of hydrogen-bond donors (Lipinski definition) is 1. The zero-order valence-electron chi connectivity index (χ0n) is 18.0. The normalized spacial score (nSPS) is 14.9. The number of rotatable bonds is 5. The van der Waals surface area contributed by atoms with Gasteiger partial charge in [0, 0.05) is 37.6 Å². The summed E-state index contributed by atoms with van der Waals surface area (Å²) in [5.41, 5.74) is 1.71. The van der Waals surface area contributed by atoms with Crippen LogP contribution >= 0.6 is 0 Å². The minimum atomic E-state index is -0.227. The van der Waals surface area contributed by atoms with E-state index in [2.05, 4.69) is 15.3 Å². The first-order chi connectivity index (χ1) is 15.1. The Labute approximate surface area is 181 Å². The summed E-state index contributed by atoms with van der Waals surface area (Å²) >= 11 is 0. The zero-order valence-corrected chi connectivity index (χ0v) is 18.0. The van der Waals surface area contributed by atoms with Gasteiger partial charge in [0.2, 0.25) is 0 Å². The van der Waals surface area contributed by atoms with Gasteiger partial charge in [-0.1, -0.05) is 30.3 Å². The fourth-order valence-corrected chi connectivity index (χ4v) is 3.89. The Morgan fingerprint density at radius 1 is 1.06 bits per heavy atom. The molecular weight excluding hydrogens is 394 g/mol.